The highest BCUT2D eigenvalue weighted by Gasteiger charge is 2.17. The third-order valence-corrected chi connectivity index (χ3v) is 2.12. The van der Waals surface area contributed by atoms with E-state index in [4.69, 9.17) is 10.5 Å². The Morgan fingerprint density at radius 2 is 2.06 bits per heavy atom. The Morgan fingerprint density at radius 1 is 1.44 bits per heavy atom. The van der Waals surface area contributed by atoms with E-state index in [1.807, 2.05) is 20.8 Å². The molecule has 1 atom stereocenters. The Balaban J connectivity index is 3.85. The van der Waals surface area contributed by atoms with Crippen molar-refractivity contribution < 1.29 is 14.3 Å². The van der Waals surface area contributed by atoms with E-state index in [-0.39, 0.29) is 17.4 Å². The molecule has 0 saturated heterocycles. The Morgan fingerprint density at radius 3 is 2.50 bits per heavy atom. The Bertz CT molecular complexity index is 224. The zero-order valence-electron chi connectivity index (χ0n) is 10.3. The summed E-state index contributed by atoms with van der Waals surface area (Å²) in [5.74, 6) is -0.583. The second kappa shape index (κ2) is 7.22. The van der Waals surface area contributed by atoms with Gasteiger partial charge in [-0.15, -0.1) is 0 Å². The molecule has 0 radical (unpaired) electrons. The summed E-state index contributed by atoms with van der Waals surface area (Å²) in [5.41, 5.74) is 5.05. The van der Waals surface area contributed by atoms with Crippen LogP contribution in [0.25, 0.3) is 0 Å². The minimum Gasteiger partial charge on any atom is -0.376 e. The minimum absolute atomic E-state index is 0.205. The second-order valence-electron chi connectivity index (χ2n) is 4.71. The van der Waals surface area contributed by atoms with Gasteiger partial charge in [0.2, 0.25) is 12.3 Å². The number of hydrogen-bond acceptors (Lipinski definition) is 3. The van der Waals surface area contributed by atoms with Crippen molar-refractivity contribution in [1.29, 1.82) is 0 Å². The van der Waals surface area contributed by atoms with Crippen LogP contribution in [-0.4, -0.2) is 31.1 Å². The molecule has 2 amide bonds. The fourth-order valence-electron chi connectivity index (χ4n) is 1.25. The van der Waals surface area contributed by atoms with Crippen LogP contribution in [0, 0.1) is 5.92 Å². The normalized spacial score (nSPS) is 13.2. The van der Waals surface area contributed by atoms with Crippen LogP contribution in [-0.2, 0) is 14.3 Å². The van der Waals surface area contributed by atoms with Crippen LogP contribution in [0.15, 0.2) is 0 Å². The van der Waals surface area contributed by atoms with Crippen LogP contribution in [0.2, 0.25) is 0 Å². The van der Waals surface area contributed by atoms with E-state index in [9.17, 15) is 9.59 Å². The average molecular weight is 230 g/mol. The SMILES string of the molecule is CC(C)(C)OCCC(CCNC=O)C(N)=O. The molecule has 5 heteroatoms. The molecule has 0 aromatic rings. The topological polar surface area (TPSA) is 81.4 Å². The van der Waals surface area contributed by atoms with Gasteiger partial charge in [0.05, 0.1) is 5.60 Å². The van der Waals surface area contributed by atoms with E-state index < -0.39 is 0 Å². The van der Waals surface area contributed by atoms with Crippen molar-refractivity contribution in [3.8, 4) is 0 Å². The molecule has 0 aromatic heterocycles. The lowest BCUT2D eigenvalue weighted by Gasteiger charge is -2.21. The molecule has 0 bridgehead atoms. The second-order valence-corrected chi connectivity index (χ2v) is 4.71. The van der Waals surface area contributed by atoms with Crippen LogP contribution in [0.5, 0.6) is 0 Å². The first-order valence-corrected chi connectivity index (χ1v) is 5.47. The number of hydrogen-bond donors (Lipinski definition) is 2. The number of carbonyl (C=O) groups excluding carboxylic acids is 2. The fraction of sp³-hybridized carbons (Fsp3) is 0.818. The van der Waals surface area contributed by atoms with Gasteiger partial charge in [0.15, 0.2) is 0 Å². The summed E-state index contributed by atoms with van der Waals surface area (Å²) in [6, 6.07) is 0. The summed E-state index contributed by atoms with van der Waals surface area (Å²) in [6.45, 7) is 6.84. The lowest BCUT2D eigenvalue weighted by molar-refractivity contribution is -0.123. The van der Waals surface area contributed by atoms with E-state index in [1.165, 1.54) is 0 Å². The van der Waals surface area contributed by atoms with Crippen LogP contribution in [0.1, 0.15) is 33.6 Å². The number of ether oxygens (including phenoxy) is 1. The highest BCUT2D eigenvalue weighted by molar-refractivity contribution is 5.76. The molecule has 94 valence electrons. The minimum atomic E-state index is -0.342. The fourth-order valence-corrected chi connectivity index (χ4v) is 1.25. The van der Waals surface area contributed by atoms with Gasteiger partial charge in [-0.05, 0) is 33.6 Å². The monoisotopic (exact) mass is 230 g/mol. The lowest BCUT2D eigenvalue weighted by atomic mass is 10.0. The van der Waals surface area contributed by atoms with E-state index in [1.54, 1.807) is 0 Å². The predicted molar refractivity (Wildman–Crippen MR) is 61.7 cm³/mol. The summed E-state index contributed by atoms with van der Waals surface area (Å²) in [6.07, 6.45) is 1.76. The van der Waals surface area contributed by atoms with Crippen molar-refractivity contribution in [2.45, 2.75) is 39.2 Å². The first-order valence-electron chi connectivity index (χ1n) is 5.47. The quantitative estimate of drug-likeness (QED) is 0.468. The maximum Gasteiger partial charge on any atom is 0.220 e. The molecule has 1 unspecified atom stereocenters. The summed E-state index contributed by atoms with van der Waals surface area (Å²) in [7, 11) is 0. The van der Waals surface area contributed by atoms with Gasteiger partial charge in [0, 0.05) is 19.1 Å². The Hall–Kier alpha value is -1.10. The van der Waals surface area contributed by atoms with E-state index in [0.29, 0.717) is 32.4 Å². The molecule has 3 N–H and O–H groups in total. The smallest absolute Gasteiger partial charge is 0.220 e. The van der Waals surface area contributed by atoms with Gasteiger partial charge in [0.25, 0.3) is 0 Å². The molecule has 0 fully saturated rings. The molecule has 0 aromatic carbocycles. The molecule has 5 nitrogen and oxygen atoms in total. The molecule has 0 aliphatic heterocycles. The van der Waals surface area contributed by atoms with Crippen LogP contribution in [0.3, 0.4) is 0 Å². The van der Waals surface area contributed by atoms with Gasteiger partial charge >= 0.3 is 0 Å². The van der Waals surface area contributed by atoms with Crippen molar-refractivity contribution in [2.75, 3.05) is 13.2 Å². The van der Waals surface area contributed by atoms with Crippen LogP contribution >= 0.6 is 0 Å². The summed E-state index contributed by atoms with van der Waals surface area (Å²) >= 11 is 0. The van der Waals surface area contributed by atoms with Crippen LogP contribution in [0.4, 0.5) is 0 Å². The predicted octanol–water partition coefficient (Wildman–Crippen LogP) is 0.429. The van der Waals surface area contributed by atoms with Crippen LogP contribution < -0.4 is 11.1 Å². The third kappa shape index (κ3) is 8.23. The first kappa shape index (κ1) is 14.9. The van der Waals surface area contributed by atoms with Gasteiger partial charge in [-0.1, -0.05) is 0 Å². The van der Waals surface area contributed by atoms with E-state index >= 15 is 0 Å². The number of rotatable bonds is 8. The molecule has 16 heavy (non-hydrogen) atoms. The van der Waals surface area contributed by atoms with E-state index in [2.05, 4.69) is 5.32 Å². The molecule has 0 heterocycles. The molecule has 0 aliphatic carbocycles. The van der Waals surface area contributed by atoms with Crippen molar-refractivity contribution in [1.82, 2.24) is 5.32 Å². The number of amides is 2. The first-order chi connectivity index (χ1) is 7.37. The number of primary amides is 1. The van der Waals surface area contributed by atoms with Gasteiger partial charge in [0.1, 0.15) is 0 Å². The molecular formula is C11H22N2O3. The Kier molecular flexibility index (Phi) is 6.72. The van der Waals surface area contributed by atoms with Gasteiger partial charge in [-0.2, -0.15) is 0 Å². The number of nitrogens with one attached hydrogen (secondary N) is 1. The van der Waals surface area contributed by atoms with Gasteiger partial charge in [-0.3, -0.25) is 9.59 Å². The Labute approximate surface area is 96.7 Å². The molecule has 0 spiro atoms. The molecule has 0 saturated carbocycles. The van der Waals surface area contributed by atoms with Gasteiger partial charge in [-0.25, -0.2) is 0 Å². The maximum absolute atomic E-state index is 11.1. The molecule has 0 rings (SSSR count). The van der Waals surface area contributed by atoms with Crippen molar-refractivity contribution >= 4 is 12.3 Å². The highest BCUT2D eigenvalue weighted by Crippen LogP contribution is 2.12. The summed E-state index contributed by atoms with van der Waals surface area (Å²) in [5, 5.41) is 2.51. The van der Waals surface area contributed by atoms with Crippen molar-refractivity contribution in [2.24, 2.45) is 11.7 Å². The number of nitrogens with two attached hydrogens (primary N) is 1. The lowest BCUT2D eigenvalue weighted by Crippen LogP contribution is -2.29. The molecule has 0 aliphatic rings. The van der Waals surface area contributed by atoms with E-state index in [0.717, 1.165) is 0 Å². The standard InChI is InChI=1S/C11H22N2O3/c1-11(2,3)16-7-5-9(10(12)15)4-6-13-8-14/h8-9H,4-7H2,1-3H3,(H2,12,15)(H,13,14). The number of carbonyl (C=O) groups is 2. The zero-order chi connectivity index (χ0) is 12.6. The highest BCUT2D eigenvalue weighted by atomic mass is 16.5. The summed E-state index contributed by atoms with van der Waals surface area (Å²) < 4.78 is 5.52. The largest absolute Gasteiger partial charge is 0.376 e. The van der Waals surface area contributed by atoms with Crippen molar-refractivity contribution in [3.63, 3.8) is 0 Å². The molecular weight excluding hydrogens is 208 g/mol. The van der Waals surface area contributed by atoms with Crippen molar-refractivity contribution in [3.05, 3.63) is 0 Å². The maximum atomic E-state index is 11.1. The summed E-state index contributed by atoms with van der Waals surface area (Å²) in [4.78, 5) is 21.1. The van der Waals surface area contributed by atoms with Gasteiger partial charge < -0.3 is 15.8 Å². The third-order valence-electron chi connectivity index (χ3n) is 2.12. The average Bonchev–Trinajstić information content (AvgIpc) is 2.13. The zero-order valence-corrected chi connectivity index (χ0v) is 10.3.